The Balaban J connectivity index is 2.35. The third-order valence-corrected chi connectivity index (χ3v) is 6.50. The maximum atomic E-state index is 12.1. The Hall–Kier alpha value is -1.05. The number of nitrogens with one attached hydrogen (secondary N) is 1. The van der Waals surface area contributed by atoms with Crippen molar-refractivity contribution in [1.29, 1.82) is 0 Å². The van der Waals surface area contributed by atoms with E-state index in [0.717, 1.165) is 11.0 Å². The Morgan fingerprint density at radius 2 is 1.61 bits per heavy atom. The smallest absolute Gasteiger partial charge is 0.399 e. The van der Waals surface area contributed by atoms with Crippen molar-refractivity contribution < 1.29 is 17.7 Å². The van der Waals surface area contributed by atoms with E-state index >= 15 is 0 Å². The Kier molecular flexibility index (Phi) is 4.61. The summed E-state index contributed by atoms with van der Waals surface area (Å²) in [7, 11) is -3.90. The lowest BCUT2D eigenvalue weighted by Crippen LogP contribution is -2.41. The number of benzene rings is 1. The molecule has 0 aliphatic carbocycles. The first-order chi connectivity index (χ1) is 10.4. The highest BCUT2D eigenvalue weighted by molar-refractivity contribution is 7.93. The lowest BCUT2D eigenvalue weighted by atomic mass is 9.76. The van der Waals surface area contributed by atoms with E-state index in [1.54, 1.807) is 19.9 Å². The Morgan fingerprint density at radius 1 is 1.09 bits per heavy atom. The summed E-state index contributed by atoms with van der Waals surface area (Å²) in [5, 5.41) is -0.498. The number of sulfonamides is 1. The second-order valence-corrected chi connectivity index (χ2v) is 9.54. The summed E-state index contributed by atoms with van der Waals surface area (Å²) in [5.41, 5.74) is 1.35. The average Bonchev–Trinajstić information content (AvgIpc) is 2.60. The lowest BCUT2D eigenvalue weighted by Gasteiger charge is -2.32. The van der Waals surface area contributed by atoms with Crippen molar-refractivity contribution in [3.05, 3.63) is 23.8 Å². The maximum Gasteiger partial charge on any atom is 0.495 e. The van der Waals surface area contributed by atoms with E-state index in [9.17, 15) is 8.42 Å². The number of rotatable bonds is 4. The zero-order valence-electron chi connectivity index (χ0n) is 14.9. The van der Waals surface area contributed by atoms with E-state index in [0.29, 0.717) is 5.69 Å². The Morgan fingerprint density at radius 3 is 2.09 bits per heavy atom. The van der Waals surface area contributed by atoms with Crippen LogP contribution in [-0.2, 0) is 19.3 Å². The van der Waals surface area contributed by atoms with Crippen LogP contribution in [0.5, 0.6) is 0 Å². The quantitative estimate of drug-likeness (QED) is 0.856. The normalized spacial score (nSPS) is 20.1. The van der Waals surface area contributed by atoms with E-state index in [-0.39, 0.29) is 0 Å². The fourth-order valence-corrected chi connectivity index (χ4v) is 3.02. The van der Waals surface area contributed by atoms with E-state index < -0.39 is 33.6 Å². The molecule has 1 aliphatic rings. The van der Waals surface area contributed by atoms with Crippen molar-refractivity contribution >= 4 is 28.3 Å². The predicted molar refractivity (Wildman–Crippen MR) is 94.6 cm³/mol. The van der Waals surface area contributed by atoms with Gasteiger partial charge in [0, 0.05) is 0 Å². The van der Waals surface area contributed by atoms with E-state index in [1.165, 1.54) is 0 Å². The van der Waals surface area contributed by atoms with Crippen LogP contribution in [0.25, 0.3) is 0 Å². The molecule has 0 unspecified atom stereocenters. The molecule has 1 fully saturated rings. The molecule has 0 spiro atoms. The molecule has 1 aromatic carbocycles. The van der Waals surface area contributed by atoms with Gasteiger partial charge in [-0.05, 0) is 65.6 Å². The summed E-state index contributed by atoms with van der Waals surface area (Å²) in [5.74, 6) is 0. The van der Waals surface area contributed by atoms with Crippen molar-refractivity contribution in [2.75, 3.05) is 4.72 Å². The van der Waals surface area contributed by atoms with Gasteiger partial charge in [0.1, 0.15) is 0 Å². The molecular weight excluding hydrogens is 313 g/mol. The molecule has 128 valence electrons. The molecule has 1 aromatic rings. The van der Waals surface area contributed by atoms with Gasteiger partial charge in [-0.1, -0.05) is 12.1 Å². The Labute approximate surface area is 140 Å². The van der Waals surface area contributed by atoms with Crippen molar-refractivity contribution in [1.82, 2.24) is 0 Å². The van der Waals surface area contributed by atoms with Crippen LogP contribution in [0.4, 0.5) is 5.69 Å². The minimum absolute atomic E-state index is 0.433. The van der Waals surface area contributed by atoms with Crippen molar-refractivity contribution in [3.8, 4) is 0 Å². The van der Waals surface area contributed by atoms with Gasteiger partial charge in [-0.25, -0.2) is 8.42 Å². The van der Waals surface area contributed by atoms with Crippen LogP contribution in [0.3, 0.4) is 0 Å². The van der Waals surface area contributed by atoms with Crippen LogP contribution >= 0.6 is 0 Å². The summed E-state index contributed by atoms with van der Waals surface area (Å²) in [4.78, 5) is 0. The first-order valence-corrected chi connectivity index (χ1v) is 9.39. The highest BCUT2D eigenvalue weighted by Crippen LogP contribution is 2.37. The molecule has 1 saturated heterocycles. The monoisotopic (exact) mass is 339 g/mol. The minimum atomic E-state index is -3.39. The Bertz CT molecular complexity index is 682. The van der Waals surface area contributed by atoms with Gasteiger partial charge < -0.3 is 9.31 Å². The van der Waals surface area contributed by atoms with Gasteiger partial charge in [0.05, 0.1) is 22.1 Å². The number of hydrogen-bond donors (Lipinski definition) is 1. The van der Waals surface area contributed by atoms with Gasteiger partial charge in [-0.15, -0.1) is 0 Å². The molecule has 0 saturated carbocycles. The van der Waals surface area contributed by atoms with E-state index in [4.69, 9.17) is 9.31 Å². The van der Waals surface area contributed by atoms with Crippen LogP contribution in [0.15, 0.2) is 18.2 Å². The molecule has 5 nitrogen and oxygen atoms in total. The first kappa shape index (κ1) is 18.3. The second kappa shape index (κ2) is 5.79. The highest BCUT2D eigenvalue weighted by Gasteiger charge is 2.52. The van der Waals surface area contributed by atoms with Gasteiger partial charge in [0.2, 0.25) is 10.0 Å². The minimum Gasteiger partial charge on any atom is -0.399 e. The molecule has 0 aromatic heterocycles. The van der Waals surface area contributed by atoms with E-state index in [2.05, 4.69) is 4.72 Å². The zero-order valence-corrected chi connectivity index (χ0v) is 15.7. The third kappa shape index (κ3) is 3.41. The molecular formula is C16H26BNO4S. The van der Waals surface area contributed by atoms with Gasteiger partial charge in [-0.3, -0.25) is 4.72 Å². The third-order valence-electron chi connectivity index (χ3n) is 4.76. The van der Waals surface area contributed by atoms with Crippen LogP contribution in [-0.4, -0.2) is 32.0 Å². The summed E-state index contributed by atoms with van der Waals surface area (Å²) in [6, 6.07) is 5.47. The lowest BCUT2D eigenvalue weighted by molar-refractivity contribution is 0.00578. The SMILES string of the molecule is Cc1c(NS(=O)(=O)C(C)C)cccc1B1OC(C)(C)C(C)(C)O1. The molecule has 0 bridgehead atoms. The summed E-state index contributed by atoms with van der Waals surface area (Å²) >= 11 is 0. The molecule has 0 atom stereocenters. The molecule has 2 rings (SSSR count). The van der Waals surface area contributed by atoms with Crippen molar-refractivity contribution in [2.24, 2.45) is 0 Å². The molecule has 23 heavy (non-hydrogen) atoms. The molecule has 7 heteroatoms. The first-order valence-electron chi connectivity index (χ1n) is 7.84. The fraction of sp³-hybridized carbons (Fsp3) is 0.625. The standard InChI is InChI=1S/C16H26BNO4S/c1-11(2)23(19,20)18-14-10-8-9-13(12(14)3)17-21-15(4,5)16(6,7)22-17/h8-11,18H,1-7H3. The summed E-state index contributed by atoms with van der Waals surface area (Å²) < 4.78 is 39.0. The average molecular weight is 339 g/mol. The van der Waals surface area contributed by atoms with Crippen molar-refractivity contribution in [3.63, 3.8) is 0 Å². The van der Waals surface area contributed by atoms with Gasteiger partial charge >= 0.3 is 7.12 Å². The number of anilines is 1. The molecule has 0 amide bonds. The van der Waals surface area contributed by atoms with Crippen molar-refractivity contribution in [2.45, 2.75) is 64.9 Å². The predicted octanol–water partition coefficient (Wildman–Crippen LogP) is 2.44. The second-order valence-electron chi connectivity index (χ2n) is 7.30. The summed E-state index contributed by atoms with van der Waals surface area (Å²) in [6.07, 6.45) is 0. The van der Waals surface area contributed by atoms with Crippen LogP contribution in [0.2, 0.25) is 0 Å². The number of hydrogen-bond acceptors (Lipinski definition) is 4. The topological polar surface area (TPSA) is 64.6 Å². The van der Waals surface area contributed by atoms with Gasteiger partial charge in [-0.2, -0.15) is 0 Å². The molecule has 1 aliphatic heterocycles. The van der Waals surface area contributed by atoms with Crippen LogP contribution in [0.1, 0.15) is 47.1 Å². The molecule has 1 N–H and O–H groups in total. The molecule has 1 heterocycles. The highest BCUT2D eigenvalue weighted by atomic mass is 32.2. The fourth-order valence-electron chi connectivity index (χ4n) is 2.26. The maximum absolute atomic E-state index is 12.1. The van der Waals surface area contributed by atoms with Crippen LogP contribution in [0, 0.1) is 6.92 Å². The zero-order chi connectivity index (χ0) is 17.6. The molecule has 0 radical (unpaired) electrons. The van der Waals surface area contributed by atoms with E-state index in [1.807, 2.05) is 46.8 Å². The summed E-state index contributed by atoms with van der Waals surface area (Å²) in [6.45, 7) is 13.1. The van der Waals surface area contributed by atoms with Crippen LogP contribution < -0.4 is 10.2 Å². The van der Waals surface area contributed by atoms with Gasteiger partial charge in [0.25, 0.3) is 0 Å². The largest absolute Gasteiger partial charge is 0.495 e. The van der Waals surface area contributed by atoms with Gasteiger partial charge in [0.15, 0.2) is 0 Å².